The first-order chi connectivity index (χ1) is 13.1. The number of primary amides is 1. The second-order valence-corrected chi connectivity index (χ2v) is 7.17. The molecule has 3 heterocycles. The van der Waals surface area contributed by atoms with Crippen LogP contribution in [0.5, 0.6) is 10.9 Å². The maximum atomic E-state index is 11.5. The number of fused-ring (bicyclic) bond motifs is 1. The zero-order chi connectivity index (χ0) is 19.0. The lowest BCUT2D eigenvalue weighted by Crippen LogP contribution is -2.42. The number of nitrogens with two attached hydrogens (primary N) is 1. The second-order valence-electron chi connectivity index (χ2n) is 6.17. The number of ether oxygens (including phenoxy) is 3. The number of carbonyl (C=O) groups excluding carboxylic acids is 1. The number of hydrogen-bond acceptors (Lipinski definition) is 7. The van der Waals surface area contributed by atoms with Crippen LogP contribution in [0.25, 0.3) is 21.5 Å². The molecule has 8 heteroatoms. The summed E-state index contributed by atoms with van der Waals surface area (Å²) in [6, 6.07) is 7.69. The third-order valence-electron chi connectivity index (χ3n) is 4.52. The van der Waals surface area contributed by atoms with Crippen molar-refractivity contribution in [1.82, 2.24) is 9.97 Å². The van der Waals surface area contributed by atoms with Crippen molar-refractivity contribution >= 4 is 28.1 Å². The van der Waals surface area contributed by atoms with Crippen LogP contribution in [-0.2, 0) is 9.53 Å². The largest absolute Gasteiger partial charge is 0.493 e. The normalized spacial score (nSPS) is 18.9. The van der Waals surface area contributed by atoms with Crippen molar-refractivity contribution in [3.63, 3.8) is 0 Å². The van der Waals surface area contributed by atoms with E-state index in [4.69, 9.17) is 24.9 Å². The van der Waals surface area contributed by atoms with Crippen LogP contribution >= 0.6 is 11.3 Å². The van der Waals surface area contributed by atoms with E-state index < -0.39 is 0 Å². The highest BCUT2D eigenvalue weighted by atomic mass is 32.1. The molecule has 1 aromatic carbocycles. The molecule has 2 unspecified atom stereocenters. The molecular formula is C19H19N3O4S. The van der Waals surface area contributed by atoms with Gasteiger partial charge in [-0.2, -0.15) is 0 Å². The van der Waals surface area contributed by atoms with Gasteiger partial charge in [-0.05, 0) is 24.6 Å². The number of thiazole rings is 1. The molecule has 27 heavy (non-hydrogen) atoms. The van der Waals surface area contributed by atoms with Crippen LogP contribution < -0.4 is 15.2 Å². The van der Waals surface area contributed by atoms with Crippen molar-refractivity contribution in [3.8, 4) is 21.5 Å². The Morgan fingerprint density at radius 2 is 2.26 bits per heavy atom. The maximum Gasteiger partial charge on any atom is 0.273 e. The molecule has 0 spiro atoms. The maximum absolute atomic E-state index is 11.5. The molecule has 2 N–H and O–H groups in total. The highest BCUT2D eigenvalue weighted by Crippen LogP contribution is 2.39. The van der Waals surface area contributed by atoms with Crippen molar-refractivity contribution in [2.24, 2.45) is 11.7 Å². The quantitative estimate of drug-likeness (QED) is 0.701. The lowest BCUT2D eigenvalue weighted by molar-refractivity contribution is -0.154. The van der Waals surface area contributed by atoms with Gasteiger partial charge in [0.1, 0.15) is 5.75 Å². The second kappa shape index (κ2) is 7.13. The minimum Gasteiger partial charge on any atom is -0.493 e. The number of methoxy groups -OCH3 is 1. The number of aromatic nitrogens is 2. The lowest BCUT2D eigenvalue weighted by Gasteiger charge is -2.35. The van der Waals surface area contributed by atoms with E-state index in [1.165, 1.54) is 11.3 Å². The van der Waals surface area contributed by atoms with Crippen molar-refractivity contribution in [2.75, 3.05) is 20.3 Å². The monoisotopic (exact) mass is 385 g/mol. The molecule has 0 bridgehead atoms. The smallest absolute Gasteiger partial charge is 0.273 e. The molecule has 2 aromatic heterocycles. The molecule has 1 amide bonds. The summed E-state index contributed by atoms with van der Waals surface area (Å²) in [5, 5.41) is 1.45. The molecule has 3 aromatic rings. The molecule has 4 rings (SSSR count). The van der Waals surface area contributed by atoms with Crippen LogP contribution in [0.2, 0.25) is 0 Å². The topological polar surface area (TPSA) is 96.6 Å². The molecule has 0 saturated carbocycles. The van der Waals surface area contributed by atoms with Gasteiger partial charge in [0.05, 0.1) is 54.6 Å². The summed E-state index contributed by atoms with van der Waals surface area (Å²) in [7, 11) is 1.59. The molecule has 140 valence electrons. The van der Waals surface area contributed by atoms with Gasteiger partial charge in [-0.15, -0.1) is 0 Å². The Morgan fingerprint density at radius 1 is 1.41 bits per heavy atom. The lowest BCUT2D eigenvalue weighted by atomic mass is 9.90. The molecular weight excluding hydrogens is 366 g/mol. The zero-order valence-corrected chi connectivity index (χ0v) is 15.8. The van der Waals surface area contributed by atoms with E-state index in [1.54, 1.807) is 13.3 Å². The van der Waals surface area contributed by atoms with Gasteiger partial charge in [-0.3, -0.25) is 4.79 Å². The fourth-order valence-corrected chi connectivity index (χ4v) is 3.80. The summed E-state index contributed by atoms with van der Waals surface area (Å²) in [5.41, 5.74) is 7.90. The summed E-state index contributed by atoms with van der Waals surface area (Å²) in [6.07, 6.45) is 1.42. The Balaban J connectivity index is 1.78. The Kier molecular flexibility index (Phi) is 4.67. The van der Waals surface area contributed by atoms with E-state index in [0.29, 0.717) is 18.4 Å². The molecule has 1 fully saturated rings. The number of hydrogen-bond donors (Lipinski definition) is 1. The summed E-state index contributed by atoms with van der Waals surface area (Å²) in [6.45, 7) is 2.82. The summed E-state index contributed by atoms with van der Waals surface area (Å²) in [4.78, 5) is 21.4. The average Bonchev–Trinajstić information content (AvgIpc) is 3.10. The number of carbonyl (C=O) groups is 1. The van der Waals surface area contributed by atoms with Crippen LogP contribution in [0.15, 0.2) is 30.5 Å². The van der Waals surface area contributed by atoms with Crippen molar-refractivity contribution in [2.45, 2.75) is 13.0 Å². The molecule has 1 aliphatic rings. The Labute approximate surface area is 160 Å². The van der Waals surface area contributed by atoms with Crippen molar-refractivity contribution in [3.05, 3.63) is 36.0 Å². The van der Waals surface area contributed by atoms with E-state index in [0.717, 1.165) is 32.8 Å². The summed E-state index contributed by atoms with van der Waals surface area (Å²) >= 11 is 1.42. The fourth-order valence-electron chi connectivity index (χ4n) is 3.11. The average molecular weight is 385 g/mol. The van der Waals surface area contributed by atoms with Gasteiger partial charge in [-0.1, -0.05) is 17.4 Å². The molecule has 1 saturated heterocycles. The Morgan fingerprint density at radius 3 is 2.89 bits per heavy atom. The molecule has 0 radical (unpaired) electrons. The number of amides is 1. The van der Waals surface area contributed by atoms with E-state index >= 15 is 0 Å². The van der Waals surface area contributed by atoms with Crippen molar-refractivity contribution in [1.29, 1.82) is 0 Å². The highest BCUT2D eigenvalue weighted by molar-refractivity contribution is 7.16. The van der Waals surface area contributed by atoms with Gasteiger partial charge in [-0.25, -0.2) is 9.97 Å². The van der Waals surface area contributed by atoms with E-state index in [-0.39, 0.29) is 17.9 Å². The predicted octanol–water partition coefficient (Wildman–Crippen LogP) is 2.94. The molecule has 2 atom stereocenters. The molecule has 1 aliphatic heterocycles. The van der Waals surface area contributed by atoms with Crippen molar-refractivity contribution < 1.29 is 19.0 Å². The SMILES string of the molecule is CCOc1cc(-c2cnc(OC)s2)nc2ccc(C3OCC3C(N)=O)cc12. The summed E-state index contributed by atoms with van der Waals surface area (Å²) < 4.78 is 16.6. The number of rotatable bonds is 6. The van der Waals surface area contributed by atoms with Crippen LogP contribution in [0, 0.1) is 5.92 Å². The number of nitrogens with zero attached hydrogens (tertiary/aromatic N) is 2. The van der Waals surface area contributed by atoms with Crippen LogP contribution in [0.1, 0.15) is 18.6 Å². The first-order valence-corrected chi connectivity index (χ1v) is 9.41. The molecule has 7 nitrogen and oxygen atoms in total. The minimum absolute atomic E-state index is 0.296. The van der Waals surface area contributed by atoms with E-state index in [9.17, 15) is 4.79 Å². The van der Waals surface area contributed by atoms with Crippen LogP contribution in [-0.4, -0.2) is 36.2 Å². The third kappa shape index (κ3) is 3.22. The van der Waals surface area contributed by atoms with Crippen LogP contribution in [0.3, 0.4) is 0 Å². The standard InChI is InChI=1S/C19H19N3O4S/c1-3-25-15-7-14(16-8-21-19(24-2)27-16)22-13-5-4-10(6-11(13)15)17-12(9-26-17)18(20)23/h4-8,12,17H,3,9H2,1-2H3,(H2,20,23). The Hall–Kier alpha value is -2.71. The van der Waals surface area contributed by atoms with Gasteiger partial charge in [0, 0.05) is 11.5 Å². The van der Waals surface area contributed by atoms with Gasteiger partial charge in [0.15, 0.2) is 0 Å². The zero-order valence-electron chi connectivity index (χ0n) is 15.0. The first kappa shape index (κ1) is 17.7. The van der Waals surface area contributed by atoms with Gasteiger partial charge in [0.2, 0.25) is 5.91 Å². The first-order valence-electron chi connectivity index (χ1n) is 8.59. The van der Waals surface area contributed by atoms with Crippen LogP contribution in [0.4, 0.5) is 0 Å². The van der Waals surface area contributed by atoms with Gasteiger partial charge in [0.25, 0.3) is 5.19 Å². The third-order valence-corrected chi connectivity index (χ3v) is 5.50. The minimum atomic E-state index is -0.344. The number of benzene rings is 1. The highest BCUT2D eigenvalue weighted by Gasteiger charge is 2.37. The predicted molar refractivity (Wildman–Crippen MR) is 102 cm³/mol. The molecule has 0 aliphatic carbocycles. The van der Waals surface area contributed by atoms with E-state index in [1.807, 2.05) is 31.2 Å². The fraction of sp³-hybridized carbons (Fsp3) is 0.316. The van der Waals surface area contributed by atoms with Gasteiger partial charge < -0.3 is 19.9 Å². The Bertz CT molecular complexity index is 1000. The van der Waals surface area contributed by atoms with E-state index in [2.05, 4.69) is 4.98 Å². The summed E-state index contributed by atoms with van der Waals surface area (Å²) in [5.74, 6) is 0.0838. The van der Waals surface area contributed by atoms with Gasteiger partial charge >= 0.3 is 0 Å². The number of pyridine rings is 1.